The number of hydrogen-bond donors (Lipinski definition) is 0. The maximum Gasteiger partial charge on any atom is 0.177 e. The Morgan fingerprint density at radius 3 is 2.55 bits per heavy atom. The summed E-state index contributed by atoms with van der Waals surface area (Å²) >= 11 is 0. The van der Waals surface area contributed by atoms with Gasteiger partial charge in [0.2, 0.25) is 0 Å². The van der Waals surface area contributed by atoms with Crippen LogP contribution in [0.5, 0.6) is 0 Å². The predicted octanol–water partition coefficient (Wildman–Crippen LogP) is 2.01. The van der Waals surface area contributed by atoms with Crippen LogP contribution in [0.3, 0.4) is 0 Å². The van der Waals surface area contributed by atoms with Crippen molar-refractivity contribution in [1.82, 2.24) is 4.90 Å². The first-order valence-corrected chi connectivity index (χ1v) is 9.18. The van der Waals surface area contributed by atoms with Gasteiger partial charge in [-0.15, -0.1) is 0 Å². The molecular formula is C15H24N2O2S. The molecule has 0 aromatic heterocycles. The Morgan fingerprint density at radius 1 is 1.10 bits per heavy atom. The molecule has 1 aliphatic rings. The molecule has 0 aliphatic carbocycles. The van der Waals surface area contributed by atoms with E-state index in [0.29, 0.717) is 4.90 Å². The van der Waals surface area contributed by atoms with Crippen molar-refractivity contribution in [2.75, 3.05) is 43.9 Å². The van der Waals surface area contributed by atoms with Gasteiger partial charge in [-0.2, -0.15) is 0 Å². The molecule has 0 saturated carbocycles. The Kier molecular flexibility index (Phi) is 5.05. The summed E-state index contributed by atoms with van der Waals surface area (Å²) < 4.78 is 23.8. The fraction of sp³-hybridized carbons (Fsp3) is 0.600. The molecule has 1 aromatic rings. The number of nitrogens with zero attached hydrogens (tertiary/aromatic N) is 2. The largest absolute Gasteiger partial charge is 0.369 e. The maximum atomic E-state index is 11.9. The molecule has 4 nitrogen and oxygen atoms in total. The van der Waals surface area contributed by atoms with Crippen LogP contribution in [0.25, 0.3) is 0 Å². The lowest BCUT2D eigenvalue weighted by Gasteiger charge is -2.25. The Morgan fingerprint density at radius 2 is 1.85 bits per heavy atom. The van der Waals surface area contributed by atoms with E-state index in [4.69, 9.17) is 0 Å². The van der Waals surface area contributed by atoms with Crippen LogP contribution in [0.15, 0.2) is 29.2 Å². The molecule has 20 heavy (non-hydrogen) atoms. The van der Waals surface area contributed by atoms with Gasteiger partial charge in [0.25, 0.3) is 0 Å². The summed E-state index contributed by atoms with van der Waals surface area (Å²) in [5.41, 5.74) is 0.855. The summed E-state index contributed by atoms with van der Waals surface area (Å²) in [6, 6.07) is 7.34. The van der Waals surface area contributed by atoms with Crippen molar-refractivity contribution in [3.63, 3.8) is 0 Å². The SMILES string of the molecule is CCCN1CCCN(c2ccccc2S(C)(=O)=O)CC1. The third-order valence-corrected chi connectivity index (χ3v) is 4.88. The second-order valence-corrected chi connectivity index (χ2v) is 7.41. The van der Waals surface area contributed by atoms with Crippen LogP contribution in [0.4, 0.5) is 5.69 Å². The molecule has 0 spiro atoms. The van der Waals surface area contributed by atoms with Crippen LogP contribution < -0.4 is 4.90 Å². The quantitative estimate of drug-likeness (QED) is 0.852. The van der Waals surface area contributed by atoms with Gasteiger partial charge in [0.05, 0.1) is 10.6 Å². The van der Waals surface area contributed by atoms with Crippen LogP contribution >= 0.6 is 0 Å². The standard InChI is InChI=1S/C15H24N2O2S/c1-3-9-16-10-6-11-17(13-12-16)14-7-4-5-8-15(14)20(2,18)19/h4-5,7-8H,3,6,9-13H2,1-2H3. The predicted molar refractivity (Wildman–Crippen MR) is 83.1 cm³/mol. The van der Waals surface area contributed by atoms with Crippen molar-refractivity contribution in [1.29, 1.82) is 0 Å². The highest BCUT2D eigenvalue weighted by molar-refractivity contribution is 7.90. The van der Waals surface area contributed by atoms with Crippen molar-refractivity contribution in [2.24, 2.45) is 0 Å². The number of rotatable bonds is 4. The molecule has 0 amide bonds. The van der Waals surface area contributed by atoms with Crippen LogP contribution in [0.2, 0.25) is 0 Å². The third-order valence-electron chi connectivity index (χ3n) is 3.73. The number of hydrogen-bond acceptors (Lipinski definition) is 4. The molecule has 0 atom stereocenters. The lowest BCUT2D eigenvalue weighted by Crippen LogP contribution is -2.31. The minimum atomic E-state index is -3.17. The Balaban J connectivity index is 2.20. The van der Waals surface area contributed by atoms with Crippen molar-refractivity contribution in [3.05, 3.63) is 24.3 Å². The molecule has 1 fully saturated rings. The summed E-state index contributed by atoms with van der Waals surface area (Å²) in [5, 5.41) is 0. The van der Waals surface area contributed by atoms with Crippen LogP contribution in [0, 0.1) is 0 Å². The lowest BCUT2D eigenvalue weighted by molar-refractivity contribution is 0.294. The normalized spacial score (nSPS) is 18.0. The average Bonchev–Trinajstić information content (AvgIpc) is 2.64. The van der Waals surface area contributed by atoms with E-state index in [-0.39, 0.29) is 0 Å². The molecule has 5 heteroatoms. The molecule has 1 heterocycles. The Hall–Kier alpha value is -1.07. The van der Waals surface area contributed by atoms with Crippen molar-refractivity contribution in [2.45, 2.75) is 24.7 Å². The minimum absolute atomic E-state index is 0.448. The monoisotopic (exact) mass is 296 g/mol. The summed E-state index contributed by atoms with van der Waals surface area (Å²) in [6.07, 6.45) is 3.53. The zero-order chi connectivity index (χ0) is 14.6. The Labute approximate surface area is 122 Å². The van der Waals surface area contributed by atoms with Crippen LogP contribution in [0.1, 0.15) is 19.8 Å². The maximum absolute atomic E-state index is 11.9. The van der Waals surface area contributed by atoms with Gasteiger partial charge < -0.3 is 9.80 Å². The molecular weight excluding hydrogens is 272 g/mol. The smallest absolute Gasteiger partial charge is 0.177 e. The van der Waals surface area contributed by atoms with Crippen molar-refractivity contribution >= 4 is 15.5 Å². The topological polar surface area (TPSA) is 40.6 Å². The van der Waals surface area contributed by atoms with Gasteiger partial charge in [0.1, 0.15) is 0 Å². The molecule has 0 N–H and O–H groups in total. The number of benzene rings is 1. The van der Waals surface area contributed by atoms with Gasteiger partial charge >= 0.3 is 0 Å². The highest BCUT2D eigenvalue weighted by Gasteiger charge is 2.20. The van der Waals surface area contributed by atoms with E-state index >= 15 is 0 Å². The number of para-hydroxylation sites is 1. The molecule has 112 valence electrons. The van der Waals surface area contributed by atoms with E-state index < -0.39 is 9.84 Å². The van der Waals surface area contributed by atoms with Crippen molar-refractivity contribution < 1.29 is 8.42 Å². The van der Waals surface area contributed by atoms with E-state index in [1.807, 2.05) is 12.1 Å². The van der Waals surface area contributed by atoms with Gasteiger partial charge in [0.15, 0.2) is 9.84 Å². The second-order valence-electron chi connectivity index (χ2n) is 5.42. The highest BCUT2D eigenvalue weighted by Crippen LogP contribution is 2.25. The van der Waals surface area contributed by atoms with E-state index in [1.54, 1.807) is 12.1 Å². The molecule has 0 unspecified atom stereocenters. The zero-order valence-corrected chi connectivity index (χ0v) is 13.2. The molecule has 1 aliphatic heterocycles. The fourth-order valence-electron chi connectivity index (χ4n) is 2.78. The van der Waals surface area contributed by atoms with Gasteiger partial charge in [-0.3, -0.25) is 0 Å². The minimum Gasteiger partial charge on any atom is -0.369 e. The average molecular weight is 296 g/mol. The van der Waals surface area contributed by atoms with E-state index in [2.05, 4.69) is 16.7 Å². The van der Waals surface area contributed by atoms with Crippen molar-refractivity contribution in [3.8, 4) is 0 Å². The van der Waals surface area contributed by atoms with E-state index in [0.717, 1.165) is 44.8 Å². The fourth-order valence-corrected chi connectivity index (χ4v) is 3.69. The summed E-state index contributed by atoms with van der Waals surface area (Å²) in [7, 11) is -3.17. The van der Waals surface area contributed by atoms with E-state index in [1.165, 1.54) is 12.7 Å². The molecule has 1 aromatic carbocycles. The third kappa shape index (κ3) is 3.73. The number of anilines is 1. The lowest BCUT2D eigenvalue weighted by atomic mass is 10.2. The van der Waals surface area contributed by atoms with Gasteiger partial charge in [-0.05, 0) is 38.1 Å². The van der Waals surface area contributed by atoms with Gasteiger partial charge in [-0.1, -0.05) is 19.1 Å². The highest BCUT2D eigenvalue weighted by atomic mass is 32.2. The molecule has 0 bridgehead atoms. The first-order chi connectivity index (χ1) is 9.52. The second kappa shape index (κ2) is 6.59. The summed E-state index contributed by atoms with van der Waals surface area (Å²) in [5.74, 6) is 0. The summed E-state index contributed by atoms with van der Waals surface area (Å²) in [6.45, 7) is 7.25. The first kappa shape index (κ1) is 15.3. The number of sulfone groups is 1. The molecule has 0 radical (unpaired) electrons. The zero-order valence-electron chi connectivity index (χ0n) is 12.4. The molecule has 1 saturated heterocycles. The summed E-state index contributed by atoms with van der Waals surface area (Å²) in [4.78, 5) is 5.12. The Bertz CT molecular complexity index is 543. The van der Waals surface area contributed by atoms with Crippen LogP contribution in [-0.4, -0.2) is 52.3 Å². The van der Waals surface area contributed by atoms with Gasteiger partial charge in [-0.25, -0.2) is 8.42 Å². The van der Waals surface area contributed by atoms with Gasteiger partial charge in [0, 0.05) is 25.9 Å². The van der Waals surface area contributed by atoms with Crippen LogP contribution in [-0.2, 0) is 9.84 Å². The first-order valence-electron chi connectivity index (χ1n) is 7.28. The van der Waals surface area contributed by atoms with E-state index in [9.17, 15) is 8.42 Å². The molecule has 2 rings (SSSR count).